The zero-order valence-corrected chi connectivity index (χ0v) is 11.8. The Balaban J connectivity index is 1.98. The molecule has 0 heterocycles. The molecule has 0 saturated heterocycles. The number of Topliss-reactive ketones (excluding diaryl/α,β-unsaturated/α-hetero) is 1. The second kappa shape index (κ2) is 5.16. The molecule has 104 valence electrons. The first-order valence-electron chi connectivity index (χ1n) is 6.90. The molecule has 1 aromatic carbocycles. The summed E-state index contributed by atoms with van der Waals surface area (Å²) in [5.74, 6) is 1.46. The van der Waals surface area contributed by atoms with Gasteiger partial charge in [-0.15, -0.1) is 0 Å². The van der Waals surface area contributed by atoms with Crippen molar-refractivity contribution >= 4 is 5.78 Å². The Morgan fingerprint density at radius 1 is 1.10 bits per heavy atom. The topological polar surface area (TPSA) is 35.5 Å². The van der Waals surface area contributed by atoms with Crippen LogP contribution in [0.1, 0.15) is 28.8 Å². The molecule has 0 radical (unpaired) electrons. The van der Waals surface area contributed by atoms with E-state index in [2.05, 4.69) is 18.2 Å². The molecule has 0 spiro atoms. The molecule has 0 saturated carbocycles. The minimum atomic E-state index is -0.0432. The molecule has 3 heteroatoms. The highest BCUT2D eigenvalue weighted by Crippen LogP contribution is 2.39. The quantitative estimate of drug-likeness (QED) is 0.845. The number of hydrogen-bond donors (Lipinski definition) is 0. The molecule has 0 aromatic heterocycles. The number of fused-ring (bicyclic) bond motifs is 1. The standard InChI is InChI=1S/C17H18O3/c1-19-15-9-12-8-13(11-6-4-3-5-7-11)17(18)14(12)10-16(15)20-2/h4,6-7,9-10,13H,3,5,8H2,1-2H3. The lowest BCUT2D eigenvalue weighted by molar-refractivity contribution is 0.0956. The van der Waals surface area contributed by atoms with Gasteiger partial charge >= 0.3 is 0 Å². The van der Waals surface area contributed by atoms with Crippen molar-refractivity contribution in [2.45, 2.75) is 19.3 Å². The summed E-state index contributed by atoms with van der Waals surface area (Å²) in [5.41, 5.74) is 2.97. The molecule has 3 rings (SSSR count). The summed E-state index contributed by atoms with van der Waals surface area (Å²) in [4.78, 5) is 12.6. The highest BCUT2D eigenvalue weighted by Gasteiger charge is 2.33. The fraction of sp³-hybridized carbons (Fsp3) is 0.353. The predicted molar refractivity (Wildman–Crippen MR) is 77.5 cm³/mol. The highest BCUT2D eigenvalue weighted by molar-refractivity contribution is 6.04. The highest BCUT2D eigenvalue weighted by atomic mass is 16.5. The third kappa shape index (κ3) is 2.03. The summed E-state index contributed by atoms with van der Waals surface area (Å²) >= 11 is 0. The third-order valence-corrected chi connectivity index (χ3v) is 4.04. The van der Waals surface area contributed by atoms with Crippen LogP contribution in [0.4, 0.5) is 0 Å². The maximum Gasteiger partial charge on any atom is 0.171 e. The summed E-state index contributed by atoms with van der Waals surface area (Å²) in [6, 6.07) is 3.74. The monoisotopic (exact) mass is 270 g/mol. The summed E-state index contributed by atoms with van der Waals surface area (Å²) < 4.78 is 10.6. The van der Waals surface area contributed by atoms with Crippen LogP contribution in [0.5, 0.6) is 11.5 Å². The first-order valence-corrected chi connectivity index (χ1v) is 6.90. The van der Waals surface area contributed by atoms with Crippen molar-refractivity contribution in [2.75, 3.05) is 14.2 Å². The number of benzene rings is 1. The number of ether oxygens (including phenoxy) is 2. The van der Waals surface area contributed by atoms with E-state index in [0.717, 1.165) is 36.0 Å². The zero-order chi connectivity index (χ0) is 14.1. The Hall–Kier alpha value is -2.03. The van der Waals surface area contributed by atoms with Crippen LogP contribution in [-0.4, -0.2) is 20.0 Å². The Kier molecular flexibility index (Phi) is 3.35. The summed E-state index contributed by atoms with van der Waals surface area (Å²) in [6.45, 7) is 0. The SMILES string of the molecule is COc1cc2c(cc1OC)C(=O)C(C1=CCCC=C1)C2. The van der Waals surface area contributed by atoms with Crippen molar-refractivity contribution in [1.29, 1.82) is 0 Å². The van der Waals surface area contributed by atoms with Crippen LogP contribution in [-0.2, 0) is 6.42 Å². The lowest BCUT2D eigenvalue weighted by Gasteiger charge is -2.12. The minimum absolute atomic E-state index is 0.0432. The van der Waals surface area contributed by atoms with Crippen LogP contribution in [0, 0.1) is 5.92 Å². The number of methoxy groups -OCH3 is 2. The van der Waals surface area contributed by atoms with E-state index in [1.54, 1.807) is 14.2 Å². The number of carbonyl (C=O) groups excluding carboxylic acids is 1. The third-order valence-electron chi connectivity index (χ3n) is 4.04. The first-order chi connectivity index (χ1) is 9.74. The summed E-state index contributed by atoms with van der Waals surface area (Å²) in [6.07, 6.45) is 9.27. The minimum Gasteiger partial charge on any atom is -0.493 e. The van der Waals surface area contributed by atoms with E-state index in [9.17, 15) is 4.79 Å². The molecule has 0 N–H and O–H groups in total. The van der Waals surface area contributed by atoms with Gasteiger partial charge in [0.15, 0.2) is 17.3 Å². The molecular weight excluding hydrogens is 252 g/mol. The average molecular weight is 270 g/mol. The molecular formula is C17H18O3. The Morgan fingerprint density at radius 2 is 1.85 bits per heavy atom. The molecule has 0 aliphatic heterocycles. The van der Waals surface area contributed by atoms with Gasteiger partial charge < -0.3 is 9.47 Å². The van der Waals surface area contributed by atoms with E-state index < -0.39 is 0 Å². The molecule has 20 heavy (non-hydrogen) atoms. The fourth-order valence-electron chi connectivity index (χ4n) is 2.98. The van der Waals surface area contributed by atoms with Crippen molar-refractivity contribution in [3.63, 3.8) is 0 Å². The van der Waals surface area contributed by atoms with E-state index in [-0.39, 0.29) is 11.7 Å². The molecule has 1 atom stereocenters. The fourth-order valence-corrected chi connectivity index (χ4v) is 2.98. The van der Waals surface area contributed by atoms with Gasteiger partial charge in [0.1, 0.15) is 0 Å². The van der Waals surface area contributed by atoms with Crippen molar-refractivity contribution in [1.82, 2.24) is 0 Å². The van der Waals surface area contributed by atoms with Gasteiger partial charge in [-0.2, -0.15) is 0 Å². The van der Waals surface area contributed by atoms with Gasteiger partial charge in [-0.1, -0.05) is 18.2 Å². The zero-order valence-electron chi connectivity index (χ0n) is 11.8. The lowest BCUT2D eigenvalue weighted by Crippen LogP contribution is -2.11. The second-order valence-corrected chi connectivity index (χ2v) is 5.17. The van der Waals surface area contributed by atoms with E-state index in [1.807, 2.05) is 12.1 Å². The molecule has 2 aliphatic carbocycles. The molecule has 2 aliphatic rings. The van der Waals surface area contributed by atoms with Crippen molar-refractivity contribution < 1.29 is 14.3 Å². The second-order valence-electron chi connectivity index (χ2n) is 5.17. The van der Waals surface area contributed by atoms with Gasteiger partial charge in [0.25, 0.3) is 0 Å². The van der Waals surface area contributed by atoms with Gasteiger partial charge in [0.2, 0.25) is 0 Å². The van der Waals surface area contributed by atoms with Crippen LogP contribution in [0.15, 0.2) is 35.9 Å². The van der Waals surface area contributed by atoms with E-state index in [1.165, 1.54) is 0 Å². The Labute approximate surface area is 118 Å². The van der Waals surface area contributed by atoms with Gasteiger partial charge in [0, 0.05) is 5.56 Å². The number of carbonyl (C=O) groups is 1. The lowest BCUT2D eigenvalue weighted by atomic mass is 9.91. The van der Waals surface area contributed by atoms with Crippen molar-refractivity contribution in [2.24, 2.45) is 5.92 Å². The van der Waals surface area contributed by atoms with Crippen LogP contribution in [0.2, 0.25) is 0 Å². The van der Waals surface area contributed by atoms with Gasteiger partial charge in [-0.25, -0.2) is 0 Å². The first kappa shape index (κ1) is 13.0. The molecule has 3 nitrogen and oxygen atoms in total. The number of hydrogen-bond acceptors (Lipinski definition) is 3. The molecule has 0 bridgehead atoms. The number of ketones is 1. The molecule has 1 aromatic rings. The van der Waals surface area contributed by atoms with Crippen molar-refractivity contribution in [3.05, 3.63) is 47.1 Å². The predicted octanol–water partition coefficient (Wildman–Crippen LogP) is 3.34. The van der Waals surface area contributed by atoms with E-state index in [4.69, 9.17) is 9.47 Å². The maximum absolute atomic E-state index is 12.6. The molecule has 1 unspecified atom stereocenters. The average Bonchev–Trinajstić information content (AvgIpc) is 2.83. The van der Waals surface area contributed by atoms with Crippen molar-refractivity contribution in [3.8, 4) is 11.5 Å². The molecule has 0 amide bonds. The summed E-state index contributed by atoms with van der Waals surface area (Å²) in [7, 11) is 3.21. The van der Waals surface area contributed by atoms with Gasteiger partial charge in [-0.05, 0) is 42.5 Å². The van der Waals surface area contributed by atoms with E-state index >= 15 is 0 Å². The maximum atomic E-state index is 12.6. The Morgan fingerprint density at radius 3 is 2.50 bits per heavy atom. The van der Waals surface area contributed by atoms with Crippen LogP contribution in [0.3, 0.4) is 0 Å². The summed E-state index contributed by atoms with van der Waals surface area (Å²) in [5, 5.41) is 0. The Bertz CT molecular complexity index is 611. The number of rotatable bonds is 3. The molecule has 0 fully saturated rings. The van der Waals surface area contributed by atoms with Gasteiger partial charge in [-0.3, -0.25) is 4.79 Å². The van der Waals surface area contributed by atoms with Gasteiger partial charge in [0.05, 0.1) is 20.1 Å². The smallest absolute Gasteiger partial charge is 0.171 e. The van der Waals surface area contributed by atoms with Crippen LogP contribution in [0.25, 0.3) is 0 Å². The largest absolute Gasteiger partial charge is 0.493 e. The van der Waals surface area contributed by atoms with Crippen LogP contribution >= 0.6 is 0 Å². The van der Waals surface area contributed by atoms with Crippen LogP contribution < -0.4 is 9.47 Å². The number of allylic oxidation sites excluding steroid dienone is 4. The normalized spacial score (nSPS) is 20.6. The van der Waals surface area contributed by atoms with E-state index in [0.29, 0.717) is 11.5 Å².